The second-order valence-electron chi connectivity index (χ2n) is 1.97. The van der Waals surface area contributed by atoms with Gasteiger partial charge in [0.25, 0.3) is 0 Å². The summed E-state index contributed by atoms with van der Waals surface area (Å²) in [6.07, 6.45) is 0. The maximum absolute atomic E-state index is 8.92. The molecule has 60 valence electrons. The molecule has 0 saturated carbocycles. The van der Waals surface area contributed by atoms with Crippen molar-refractivity contribution in [2.75, 3.05) is 5.73 Å². The number of rotatable bonds is 1. The minimum Gasteiger partial charge on any atom is -0.506 e. The topological polar surface area (TPSA) is 95.9 Å². The van der Waals surface area contributed by atoms with Crippen molar-refractivity contribution in [1.82, 2.24) is 0 Å². The quantitative estimate of drug-likeness (QED) is 0.157. The van der Waals surface area contributed by atoms with Crippen LogP contribution in [0.15, 0.2) is 12.1 Å². The molecule has 1 aromatic rings. The van der Waals surface area contributed by atoms with Gasteiger partial charge in [0.2, 0.25) is 5.75 Å². The van der Waals surface area contributed by atoms with Gasteiger partial charge in [0.1, 0.15) is 5.75 Å². The molecule has 1 aromatic carbocycles. The summed E-state index contributed by atoms with van der Waals surface area (Å²) in [4.78, 5) is 3.74. The molecule has 0 aliphatic heterocycles. The second-order valence-corrected chi connectivity index (χ2v) is 1.97. The minimum absolute atomic E-state index is 0.0202. The lowest BCUT2D eigenvalue weighted by molar-refractivity contribution is -0.139. The summed E-state index contributed by atoms with van der Waals surface area (Å²) in [5.41, 5.74) is 5.23. The summed E-state index contributed by atoms with van der Waals surface area (Å²) in [5.74, 6) is -0.831. The normalized spacial score (nSPS) is 9.55. The predicted molar refractivity (Wildman–Crippen MR) is 37.4 cm³/mol. The van der Waals surface area contributed by atoms with Gasteiger partial charge in [-0.3, -0.25) is 0 Å². The Hall–Kier alpha value is -1.62. The van der Waals surface area contributed by atoms with Gasteiger partial charge < -0.3 is 20.8 Å². The van der Waals surface area contributed by atoms with Crippen LogP contribution in [-0.2, 0) is 0 Å². The maximum Gasteiger partial charge on any atom is 0.208 e. The third kappa shape index (κ3) is 1.27. The van der Waals surface area contributed by atoms with Crippen molar-refractivity contribution in [2.45, 2.75) is 0 Å². The van der Waals surface area contributed by atoms with Crippen LogP contribution >= 0.6 is 0 Å². The van der Waals surface area contributed by atoms with E-state index < -0.39 is 0 Å². The molecule has 0 bridgehead atoms. The highest BCUT2D eigenvalue weighted by Gasteiger charge is 2.06. The van der Waals surface area contributed by atoms with Gasteiger partial charge in [-0.2, -0.15) is 0 Å². The molecule has 0 amide bonds. The molecule has 0 aliphatic carbocycles. The van der Waals surface area contributed by atoms with Crippen molar-refractivity contribution in [3.05, 3.63) is 12.1 Å². The molecular weight excluding hydrogens is 150 g/mol. The number of aromatic hydroxyl groups is 2. The number of benzene rings is 1. The van der Waals surface area contributed by atoms with Gasteiger partial charge in [0.05, 0.1) is 5.69 Å². The maximum atomic E-state index is 8.92. The van der Waals surface area contributed by atoms with E-state index in [1.807, 2.05) is 0 Å². The molecule has 11 heavy (non-hydrogen) atoms. The van der Waals surface area contributed by atoms with Gasteiger partial charge in [-0.1, -0.05) is 0 Å². The molecule has 0 fully saturated rings. The number of hydrogen-bond donors (Lipinski definition) is 4. The van der Waals surface area contributed by atoms with Crippen LogP contribution in [0.3, 0.4) is 0 Å². The Balaban J connectivity index is 3.21. The van der Waals surface area contributed by atoms with E-state index in [1.54, 1.807) is 0 Å². The summed E-state index contributed by atoms with van der Waals surface area (Å²) in [5, 5.41) is 25.9. The van der Waals surface area contributed by atoms with Crippen LogP contribution in [0.4, 0.5) is 5.69 Å². The van der Waals surface area contributed by atoms with E-state index in [0.29, 0.717) is 0 Å². The number of nitrogen functional groups attached to an aromatic ring is 1. The summed E-state index contributed by atoms with van der Waals surface area (Å²) in [7, 11) is 0. The average Bonchev–Trinajstić information content (AvgIpc) is 1.97. The van der Waals surface area contributed by atoms with Crippen molar-refractivity contribution in [2.24, 2.45) is 0 Å². The van der Waals surface area contributed by atoms with Gasteiger partial charge in [-0.15, -0.1) is 0 Å². The molecule has 0 atom stereocenters. The molecule has 0 aromatic heterocycles. The Morgan fingerprint density at radius 3 is 2.36 bits per heavy atom. The molecule has 0 heterocycles. The zero-order valence-electron chi connectivity index (χ0n) is 5.48. The zero-order valence-corrected chi connectivity index (χ0v) is 5.48. The van der Waals surface area contributed by atoms with Gasteiger partial charge in [-0.05, 0) is 0 Å². The van der Waals surface area contributed by atoms with E-state index >= 15 is 0 Å². The second kappa shape index (κ2) is 2.55. The molecule has 5 N–H and O–H groups in total. The van der Waals surface area contributed by atoms with Gasteiger partial charge in [0, 0.05) is 12.1 Å². The molecular formula is C6H7NO4. The summed E-state index contributed by atoms with van der Waals surface area (Å²) >= 11 is 0. The minimum atomic E-state index is -0.376. The van der Waals surface area contributed by atoms with Crippen LogP contribution in [0, 0.1) is 0 Å². The van der Waals surface area contributed by atoms with Gasteiger partial charge in [-0.25, -0.2) is 5.26 Å². The molecule has 0 saturated heterocycles. The van der Waals surface area contributed by atoms with Crippen molar-refractivity contribution >= 4 is 5.69 Å². The first-order valence-corrected chi connectivity index (χ1v) is 2.78. The number of anilines is 1. The number of phenolic OH excluding ortho intramolecular Hbond substituents is 2. The summed E-state index contributed by atoms with van der Waals surface area (Å²) < 4.78 is 0. The summed E-state index contributed by atoms with van der Waals surface area (Å²) in [6, 6.07) is 2.07. The lowest BCUT2D eigenvalue weighted by atomic mass is 10.2. The number of phenols is 2. The van der Waals surface area contributed by atoms with Gasteiger partial charge in [0.15, 0.2) is 5.75 Å². The lowest BCUT2D eigenvalue weighted by Crippen LogP contribution is -1.89. The SMILES string of the molecule is Nc1cc(OO)c(O)cc1O. The van der Waals surface area contributed by atoms with Crippen LogP contribution < -0.4 is 10.6 Å². The monoisotopic (exact) mass is 157 g/mol. The lowest BCUT2D eigenvalue weighted by Gasteiger charge is -2.02. The fourth-order valence-electron chi connectivity index (χ4n) is 0.646. The van der Waals surface area contributed by atoms with Crippen LogP contribution in [0.5, 0.6) is 17.2 Å². The van der Waals surface area contributed by atoms with Crippen molar-refractivity contribution in [3.8, 4) is 17.2 Å². The Labute approximate surface area is 62.2 Å². The molecule has 1 rings (SSSR count). The smallest absolute Gasteiger partial charge is 0.208 e. The third-order valence-electron chi connectivity index (χ3n) is 1.21. The largest absolute Gasteiger partial charge is 0.506 e. The van der Waals surface area contributed by atoms with Crippen LogP contribution in [-0.4, -0.2) is 15.5 Å². The van der Waals surface area contributed by atoms with Crippen molar-refractivity contribution in [1.29, 1.82) is 0 Å². The van der Waals surface area contributed by atoms with E-state index in [-0.39, 0.29) is 22.9 Å². The third-order valence-corrected chi connectivity index (χ3v) is 1.21. The van der Waals surface area contributed by atoms with E-state index in [4.69, 9.17) is 21.2 Å². The highest BCUT2D eigenvalue weighted by atomic mass is 17.1. The first kappa shape index (κ1) is 7.49. The van der Waals surface area contributed by atoms with Crippen LogP contribution in [0.1, 0.15) is 0 Å². The Bertz CT molecular complexity index is 274. The molecule has 0 unspecified atom stereocenters. The highest BCUT2D eigenvalue weighted by molar-refractivity contribution is 5.60. The first-order chi connectivity index (χ1) is 5.15. The molecule has 0 spiro atoms. The highest BCUT2D eigenvalue weighted by Crippen LogP contribution is 2.34. The fraction of sp³-hybridized carbons (Fsp3) is 0. The predicted octanol–water partition coefficient (Wildman–Crippen LogP) is 0.532. The fourth-order valence-corrected chi connectivity index (χ4v) is 0.646. The Morgan fingerprint density at radius 2 is 1.82 bits per heavy atom. The van der Waals surface area contributed by atoms with E-state index in [2.05, 4.69) is 4.89 Å². The van der Waals surface area contributed by atoms with E-state index in [9.17, 15) is 0 Å². The standard InChI is InChI=1S/C6H7NO4/c7-3-1-6(11-10)5(9)2-4(3)8/h1-2,8-10H,7H2. The molecule has 0 aliphatic rings. The number of hydrogen-bond acceptors (Lipinski definition) is 5. The Kier molecular flexibility index (Phi) is 1.74. The van der Waals surface area contributed by atoms with Crippen molar-refractivity contribution in [3.63, 3.8) is 0 Å². The first-order valence-electron chi connectivity index (χ1n) is 2.78. The Morgan fingerprint density at radius 1 is 1.18 bits per heavy atom. The van der Waals surface area contributed by atoms with E-state index in [1.165, 1.54) is 0 Å². The molecule has 5 heteroatoms. The van der Waals surface area contributed by atoms with Gasteiger partial charge >= 0.3 is 0 Å². The summed E-state index contributed by atoms with van der Waals surface area (Å²) in [6.45, 7) is 0. The van der Waals surface area contributed by atoms with Crippen LogP contribution in [0.2, 0.25) is 0 Å². The average molecular weight is 157 g/mol. The molecule has 0 radical (unpaired) electrons. The van der Waals surface area contributed by atoms with Crippen molar-refractivity contribution < 1.29 is 20.4 Å². The number of nitrogens with two attached hydrogens (primary N) is 1. The molecule has 5 nitrogen and oxygen atoms in total. The zero-order chi connectivity index (χ0) is 8.43. The van der Waals surface area contributed by atoms with E-state index in [0.717, 1.165) is 12.1 Å². The van der Waals surface area contributed by atoms with Crippen LogP contribution in [0.25, 0.3) is 0 Å².